The fraction of sp³-hybridized carbons (Fsp3) is 0.550. The molecule has 1 saturated heterocycles. The monoisotopic (exact) mass is 390 g/mol. The molecule has 0 bridgehead atoms. The predicted molar refractivity (Wildman–Crippen MR) is 102 cm³/mol. The predicted octanol–water partition coefficient (Wildman–Crippen LogP) is 2.38. The number of methoxy groups -OCH3 is 2. The Labute approximate surface area is 163 Å². The van der Waals surface area contributed by atoms with Crippen LogP contribution in [0, 0.1) is 11.8 Å². The summed E-state index contributed by atoms with van der Waals surface area (Å²) in [6.07, 6.45) is 3.99. The van der Waals surface area contributed by atoms with Crippen LogP contribution in [0.5, 0.6) is 11.5 Å². The summed E-state index contributed by atoms with van der Waals surface area (Å²) < 4.78 is 10.6. The zero-order valence-electron chi connectivity index (χ0n) is 16.2. The molecule has 2 N–H and O–H groups in total. The van der Waals surface area contributed by atoms with E-state index in [1.54, 1.807) is 17.0 Å². The standard InChI is InChI=1S/C20H26N2O6/c1-27-16-10-14(19(24)22-8-4-3-5-9-22)15(11-17(16)28-2)21-18(23)12-6-7-13(12)20(25)26/h10-13H,3-9H2,1-2H3,(H,21,23)(H,25,26). The number of nitrogens with one attached hydrogen (secondary N) is 1. The van der Waals surface area contributed by atoms with Gasteiger partial charge >= 0.3 is 5.97 Å². The van der Waals surface area contributed by atoms with Crippen molar-refractivity contribution in [2.45, 2.75) is 32.1 Å². The molecule has 3 rings (SSSR count). The molecule has 1 heterocycles. The second-order valence-electron chi connectivity index (χ2n) is 7.22. The quantitative estimate of drug-likeness (QED) is 0.773. The zero-order valence-corrected chi connectivity index (χ0v) is 16.2. The average molecular weight is 390 g/mol. The van der Waals surface area contributed by atoms with Crippen molar-refractivity contribution in [1.29, 1.82) is 0 Å². The number of nitrogens with zero attached hydrogens (tertiary/aromatic N) is 1. The van der Waals surface area contributed by atoms with Crippen molar-refractivity contribution >= 4 is 23.5 Å². The number of benzene rings is 1. The van der Waals surface area contributed by atoms with E-state index in [0.29, 0.717) is 48.7 Å². The molecule has 0 spiro atoms. The molecule has 1 saturated carbocycles. The Morgan fingerprint density at radius 1 is 1.00 bits per heavy atom. The third-order valence-corrected chi connectivity index (χ3v) is 5.58. The van der Waals surface area contributed by atoms with Gasteiger partial charge in [0.25, 0.3) is 5.91 Å². The minimum Gasteiger partial charge on any atom is -0.493 e. The maximum atomic E-state index is 13.1. The number of ether oxygens (including phenoxy) is 2. The minimum absolute atomic E-state index is 0.181. The maximum Gasteiger partial charge on any atom is 0.307 e. The van der Waals surface area contributed by atoms with E-state index < -0.39 is 23.7 Å². The average Bonchev–Trinajstić information content (AvgIpc) is 2.66. The normalized spacial score (nSPS) is 21.4. The highest BCUT2D eigenvalue weighted by Gasteiger charge is 2.41. The van der Waals surface area contributed by atoms with Crippen molar-refractivity contribution in [1.82, 2.24) is 4.90 Å². The van der Waals surface area contributed by atoms with Gasteiger partial charge in [-0.05, 0) is 38.2 Å². The topological polar surface area (TPSA) is 105 Å². The van der Waals surface area contributed by atoms with Crippen LogP contribution in [-0.4, -0.2) is 55.1 Å². The van der Waals surface area contributed by atoms with Gasteiger partial charge in [0.05, 0.1) is 37.3 Å². The maximum absolute atomic E-state index is 13.1. The minimum atomic E-state index is -0.969. The van der Waals surface area contributed by atoms with Gasteiger partial charge < -0.3 is 24.8 Å². The molecule has 8 nitrogen and oxygen atoms in total. The van der Waals surface area contributed by atoms with Gasteiger partial charge in [-0.3, -0.25) is 14.4 Å². The molecule has 1 aromatic carbocycles. The molecule has 2 unspecified atom stereocenters. The summed E-state index contributed by atoms with van der Waals surface area (Å²) in [6.45, 7) is 1.34. The molecular formula is C20H26N2O6. The lowest BCUT2D eigenvalue weighted by Gasteiger charge is -2.32. The molecule has 2 atom stereocenters. The van der Waals surface area contributed by atoms with E-state index in [1.807, 2.05) is 0 Å². The summed E-state index contributed by atoms with van der Waals surface area (Å²) in [6, 6.07) is 3.13. The number of anilines is 1. The molecule has 1 aliphatic carbocycles. The van der Waals surface area contributed by atoms with Gasteiger partial charge in [0.2, 0.25) is 5.91 Å². The first-order chi connectivity index (χ1) is 13.5. The Balaban J connectivity index is 1.90. The highest BCUT2D eigenvalue weighted by Crippen LogP contribution is 2.38. The van der Waals surface area contributed by atoms with Crippen LogP contribution >= 0.6 is 0 Å². The lowest BCUT2D eigenvalue weighted by Crippen LogP contribution is -2.41. The molecule has 0 aromatic heterocycles. The van der Waals surface area contributed by atoms with Crippen molar-refractivity contribution in [2.75, 3.05) is 32.6 Å². The van der Waals surface area contributed by atoms with E-state index in [0.717, 1.165) is 19.3 Å². The number of hydrogen-bond donors (Lipinski definition) is 2. The van der Waals surface area contributed by atoms with E-state index in [1.165, 1.54) is 14.2 Å². The van der Waals surface area contributed by atoms with Crippen LogP contribution in [0.3, 0.4) is 0 Å². The van der Waals surface area contributed by atoms with E-state index in [9.17, 15) is 19.5 Å². The van der Waals surface area contributed by atoms with Gasteiger partial charge in [-0.25, -0.2) is 0 Å². The number of carbonyl (C=O) groups excluding carboxylic acids is 2. The van der Waals surface area contributed by atoms with Crippen molar-refractivity contribution in [3.8, 4) is 11.5 Å². The van der Waals surface area contributed by atoms with Gasteiger partial charge in [0, 0.05) is 19.2 Å². The van der Waals surface area contributed by atoms with Crippen molar-refractivity contribution in [3.05, 3.63) is 17.7 Å². The highest BCUT2D eigenvalue weighted by molar-refractivity contribution is 6.05. The summed E-state index contributed by atoms with van der Waals surface area (Å²) in [5.41, 5.74) is 0.633. The van der Waals surface area contributed by atoms with E-state index in [2.05, 4.69) is 5.32 Å². The van der Waals surface area contributed by atoms with Crippen LogP contribution in [0.15, 0.2) is 12.1 Å². The molecule has 2 amide bonds. The molecule has 8 heteroatoms. The molecule has 2 fully saturated rings. The van der Waals surface area contributed by atoms with Crippen LogP contribution in [0.2, 0.25) is 0 Å². The van der Waals surface area contributed by atoms with Gasteiger partial charge in [-0.15, -0.1) is 0 Å². The van der Waals surface area contributed by atoms with Crippen LogP contribution in [0.4, 0.5) is 5.69 Å². The number of carboxylic acid groups (broad SMARTS) is 1. The summed E-state index contributed by atoms with van der Waals surface area (Å²) in [7, 11) is 2.96. The van der Waals surface area contributed by atoms with Gasteiger partial charge in [0.1, 0.15) is 0 Å². The summed E-state index contributed by atoms with van der Waals surface area (Å²) >= 11 is 0. The number of likely N-dealkylation sites (tertiary alicyclic amines) is 1. The smallest absolute Gasteiger partial charge is 0.307 e. The molecule has 28 heavy (non-hydrogen) atoms. The number of hydrogen-bond acceptors (Lipinski definition) is 5. The molecular weight excluding hydrogens is 364 g/mol. The molecule has 2 aliphatic rings. The Kier molecular flexibility index (Phi) is 6.06. The zero-order chi connectivity index (χ0) is 20.3. The number of aliphatic carboxylic acids is 1. The Hall–Kier alpha value is -2.77. The largest absolute Gasteiger partial charge is 0.493 e. The van der Waals surface area contributed by atoms with Crippen LogP contribution in [-0.2, 0) is 9.59 Å². The number of carbonyl (C=O) groups is 3. The molecule has 152 valence electrons. The van der Waals surface area contributed by atoms with E-state index in [-0.39, 0.29) is 5.91 Å². The lowest BCUT2D eigenvalue weighted by atomic mass is 9.73. The first-order valence-electron chi connectivity index (χ1n) is 9.55. The van der Waals surface area contributed by atoms with Crippen LogP contribution in [0.1, 0.15) is 42.5 Å². The Morgan fingerprint density at radius 3 is 2.14 bits per heavy atom. The Bertz CT molecular complexity index is 772. The van der Waals surface area contributed by atoms with Crippen molar-refractivity contribution < 1.29 is 29.0 Å². The number of rotatable bonds is 6. The van der Waals surface area contributed by atoms with Crippen molar-refractivity contribution in [3.63, 3.8) is 0 Å². The number of carboxylic acids is 1. The number of piperidine rings is 1. The van der Waals surface area contributed by atoms with E-state index in [4.69, 9.17) is 9.47 Å². The van der Waals surface area contributed by atoms with Gasteiger partial charge in [-0.1, -0.05) is 0 Å². The summed E-state index contributed by atoms with van der Waals surface area (Å²) in [5, 5.41) is 12.0. The lowest BCUT2D eigenvalue weighted by molar-refractivity contribution is -0.151. The second kappa shape index (κ2) is 8.50. The van der Waals surface area contributed by atoms with Crippen molar-refractivity contribution in [2.24, 2.45) is 11.8 Å². The van der Waals surface area contributed by atoms with E-state index >= 15 is 0 Å². The van der Waals surface area contributed by atoms with Crippen LogP contribution in [0.25, 0.3) is 0 Å². The van der Waals surface area contributed by atoms with Gasteiger partial charge in [-0.2, -0.15) is 0 Å². The number of amides is 2. The molecule has 1 aromatic rings. The second-order valence-corrected chi connectivity index (χ2v) is 7.22. The third kappa shape index (κ3) is 3.90. The molecule has 0 radical (unpaired) electrons. The fourth-order valence-corrected chi connectivity index (χ4v) is 3.76. The molecule has 1 aliphatic heterocycles. The third-order valence-electron chi connectivity index (χ3n) is 5.58. The first-order valence-corrected chi connectivity index (χ1v) is 9.55. The SMILES string of the molecule is COc1cc(NC(=O)C2CCC2C(=O)O)c(C(=O)N2CCCCC2)cc1OC. The fourth-order valence-electron chi connectivity index (χ4n) is 3.76. The first kappa shape index (κ1) is 20.0. The van der Waals surface area contributed by atoms with Gasteiger partial charge in [0.15, 0.2) is 11.5 Å². The summed E-state index contributed by atoms with van der Waals surface area (Å²) in [4.78, 5) is 38.7. The van der Waals surface area contributed by atoms with Crippen LogP contribution < -0.4 is 14.8 Å². The Morgan fingerprint density at radius 2 is 1.61 bits per heavy atom. The highest BCUT2D eigenvalue weighted by atomic mass is 16.5. The summed E-state index contributed by atoms with van der Waals surface area (Å²) in [5.74, 6) is -2.03.